The molecule has 0 bridgehead atoms. The van der Waals surface area contributed by atoms with Crippen molar-refractivity contribution in [2.75, 3.05) is 0 Å². The van der Waals surface area contributed by atoms with E-state index in [2.05, 4.69) is 21.9 Å². The van der Waals surface area contributed by atoms with Crippen LogP contribution in [0.4, 0.5) is 0 Å². The van der Waals surface area contributed by atoms with Crippen LogP contribution >= 0.6 is 15.9 Å². The Morgan fingerprint density at radius 3 is 2.38 bits per heavy atom. The van der Waals surface area contributed by atoms with E-state index in [1.165, 1.54) is 6.92 Å². The quantitative estimate of drug-likeness (QED) is 0.480. The Balaban J connectivity index is 4.37. The van der Waals surface area contributed by atoms with Crippen molar-refractivity contribution in [2.45, 2.75) is 56.6 Å². The minimum absolute atomic E-state index is 0.0942. The zero-order valence-corrected chi connectivity index (χ0v) is 11.8. The maximum absolute atomic E-state index is 10.9. The fraction of sp³-hybridized carbons (Fsp3) is 0.750. The lowest BCUT2D eigenvalue weighted by Crippen LogP contribution is -2.35. The molecule has 0 saturated carbocycles. The third-order valence-electron chi connectivity index (χ3n) is 2.32. The van der Waals surface area contributed by atoms with E-state index in [-0.39, 0.29) is 4.83 Å². The molecule has 0 heterocycles. The van der Waals surface area contributed by atoms with Gasteiger partial charge >= 0.3 is 5.97 Å². The number of rotatable bonds is 5. The van der Waals surface area contributed by atoms with E-state index in [0.717, 1.165) is 0 Å². The zero-order chi connectivity index (χ0) is 13.0. The highest BCUT2D eigenvalue weighted by atomic mass is 79.9. The predicted molar refractivity (Wildman–Crippen MR) is 67.3 cm³/mol. The van der Waals surface area contributed by atoms with Crippen LogP contribution < -0.4 is 0 Å². The average molecular weight is 291 g/mol. The molecule has 0 aliphatic carbocycles. The van der Waals surface area contributed by atoms with Crippen LogP contribution in [0.15, 0.2) is 0 Å². The molecular weight excluding hydrogens is 272 g/mol. The van der Waals surface area contributed by atoms with E-state index in [0.29, 0.717) is 12.8 Å². The number of hydrogen-bond donors (Lipinski definition) is 1. The van der Waals surface area contributed by atoms with Gasteiger partial charge in [0.05, 0.1) is 5.60 Å². The lowest BCUT2D eigenvalue weighted by atomic mass is 9.94. The summed E-state index contributed by atoms with van der Waals surface area (Å²) in [6.45, 7) is 6.45. The van der Waals surface area contributed by atoms with Crippen molar-refractivity contribution in [2.24, 2.45) is 0 Å². The Labute approximate surface area is 106 Å². The predicted octanol–water partition coefficient (Wildman–Crippen LogP) is 2.26. The van der Waals surface area contributed by atoms with Gasteiger partial charge in [-0.25, -0.2) is 0 Å². The Kier molecular flexibility index (Phi) is 5.51. The van der Waals surface area contributed by atoms with Crippen LogP contribution in [-0.2, 0) is 9.53 Å². The van der Waals surface area contributed by atoms with Crippen LogP contribution in [0.3, 0.4) is 0 Å². The second-order valence-electron chi connectivity index (χ2n) is 4.63. The van der Waals surface area contributed by atoms with Gasteiger partial charge in [-0.2, -0.15) is 0 Å². The normalized spacial score (nSPS) is 17.1. The number of ether oxygens (including phenoxy) is 1. The van der Waals surface area contributed by atoms with E-state index in [4.69, 9.17) is 11.2 Å². The molecule has 0 aromatic rings. The molecule has 0 aromatic carbocycles. The van der Waals surface area contributed by atoms with Crippen LogP contribution in [0.2, 0.25) is 0 Å². The molecule has 2 unspecified atom stereocenters. The first-order valence-corrected chi connectivity index (χ1v) is 6.06. The number of carbonyl (C=O) groups is 1. The maximum atomic E-state index is 10.9. The van der Waals surface area contributed by atoms with Gasteiger partial charge in [0.25, 0.3) is 0 Å². The summed E-state index contributed by atoms with van der Waals surface area (Å²) in [4.78, 5) is 10.8. The Morgan fingerprint density at radius 2 is 2.06 bits per heavy atom. The standard InChI is InChI=1S/C12H19BrO3/c1-6-12(5,16-9(2)14)8-7-10(13)11(3,4)15/h1,10,15H,7-8H2,2-5H3. The van der Waals surface area contributed by atoms with E-state index < -0.39 is 17.2 Å². The highest BCUT2D eigenvalue weighted by Crippen LogP contribution is 2.26. The molecule has 0 radical (unpaired) electrons. The minimum atomic E-state index is -0.900. The van der Waals surface area contributed by atoms with Crippen LogP contribution in [-0.4, -0.2) is 27.1 Å². The van der Waals surface area contributed by atoms with E-state index in [9.17, 15) is 9.90 Å². The van der Waals surface area contributed by atoms with Gasteiger partial charge in [0.15, 0.2) is 5.60 Å². The molecule has 0 fully saturated rings. The highest BCUT2D eigenvalue weighted by Gasteiger charge is 2.30. The fourth-order valence-electron chi connectivity index (χ4n) is 1.23. The molecule has 0 aliphatic heterocycles. The van der Waals surface area contributed by atoms with Crippen molar-refractivity contribution in [3.63, 3.8) is 0 Å². The monoisotopic (exact) mass is 290 g/mol. The summed E-state index contributed by atoms with van der Waals surface area (Å²) in [6, 6.07) is 0. The Bertz CT molecular complexity index is 288. The lowest BCUT2D eigenvalue weighted by molar-refractivity contribution is -0.150. The molecule has 0 aromatic heterocycles. The Morgan fingerprint density at radius 1 is 1.56 bits per heavy atom. The van der Waals surface area contributed by atoms with Crippen molar-refractivity contribution in [3.05, 3.63) is 0 Å². The third-order valence-corrected chi connectivity index (χ3v) is 3.89. The van der Waals surface area contributed by atoms with Crippen molar-refractivity contribution in [1.82, 2.24) is 0 Å². The second kappa shape index (κ2) is 5.70. The lowest BCUT2D eigenvalue weighted by Gasteiger charge is -2.28. The smallest absolute Gasteiger partial charge is 0.304 e. The SMILES string of the molecule is C#CC(C)(CCC(Br)C(C)(C)O)OC(C)=O. The number of aliphatic hydroxyl groups is 1. The summed E-state index contributed by atoms with van der Waals surface area (Å²) in [7, 11) is 0. The summed E-state index contributed by atoms with van der Waals surface area (Å²) in [5, 5.41) is 9.73. The van der Waals surface area contributed by atoms with Gasteiger partial charge < -0.3 is 9.84 Å². The molecular formula is C12H19BrO3. The van der Waals surface area contributed by atoms with Crippen molar-refractivity contribution in [1.29, 1.82) is 0 Å². The molecule has 0 aliphatic rings. The van der Waals surface area contributed by atoms with Gasteiger partial charge in [-0.05, 0) is 33.6 Å². The molecule has 3 nitrogen and oxygen atoms in total. The molecule has 0 saturated heterocycles. The second-order valence-corrected chi connectivity index (χ2v) is 5.73. The number of hydrogen-bond acceptors (Lipinski definition) is 3. The molecule has 0 amide bonds. The third kappa shape index (κ3) is 5.53. The number of halogens is 1. The molecule has 0 spiro atoms. The summed E-state index contributed by atoms with van der Waals surface area (Å²) >= 11 is 3.39. The number of carbonyl (C=O) groups excluding carboxylic acids is 1. The molecule has 16 heavy (non-hydrogen) atoms. The first kappa shape index (κ1) is 15.5. The van der Waals surface area contributed by atoms with Crippen molar-refractivity contribution < 1.29 is 14.6 Å². The average Bonchev–Trinajstić information content (AvgIpc) is 2.11. The van der Waals surface area contributed by atoms with Crippen LogP contribution in [0, 0.1) is 12.3 Å². The molecule has 4 heteroatoms. The van der Waals surface area contributed by atoms with E-state index >= 15 is 0 Å². The minimum Gasteiger partial charge on any atom is -0.446 e. The first-order valence-electron chi connectivity index (χ1n) is 5.14. The molecule has 2 atom stereocenters. The van der Waals surface area contributed by atoms with Gasteiger partial charge in [-0.15, -0.1) is 6.42 Å². The molecule has 1 N–H and O–H groups in total. The van der Waals surface area contributed by atoms with E-state index in [1.807, 2.05) is 0 Å². The van der Waals surface area contributed by atoms with Crippen molar-refractivity contribution >= 4 is 21.9 Å². The van der Waals surface area contributed by atoms with Crippen LogP contribution in [0.25, 0.3) is 0 Å². The van der Waals surface area contributed by atoms with Gasteiger partial charge in [0.2, 0.25) is 0 Å². The van der Waals surface area contributed by atoms with Crippen LogP contribution in [0.5, 0.6) is 0 Å². The first-order chi connectivity index (χ1) is 7.10. The van der Waals surface area contributed by atoms with Gasteiger partial charge in [0, 0.05) is 11.8 Å². The van der Waals surface area contributed by atoms with Crippen molar-refractivity contribution in [3.8, 4) is 12.3 Å². The summed E-state index contributed by atoms with van der Waals surface area (Å²) in [6.07, 6.45) is 6.47. The highest BCUT2D eigenvalue weighted by molar-refractivity contribution is 9.09. The van der Waals surface area contributed by atoms with Gasteiger partial charge in [-0.3, -0.25) is 4.79 Å². The van der Waals surface area contributed by atoms with Crippen LogP contribution in [0.1, 0.15) is 40.5 Å². The number of terminal acetylenes is 1. The summed E-state index contributed by atoms with van der Waals surface area (Å²) < 4.78 is 5.07. The summed E-state index contributed by atoms with van der Waals surface area (Å²) in [5.74, 6) is 2.08. The molecule has 0 rings (SSSR count). The van der Waals surface area contributed by atoms with E-state index in [1.54, 1.807) is 20.8 Å². The largest absolute Gasteiger partial charge is 0.446 e. The topological polar surface area (TPSA) is 46.5 Å². The summed E-state index contributed by atoms with van der Waals surface area (Å²) in [5.41, 5.74) is -1.73. The van der Waals surface area contributed by atoms with Gasteiger partial charge in [0.1, 0.15) is 0 Å². The zero-order valence-electron chi connectivity index (χ0n) is 10.2. The fourth-order valence-corrected chi connectivity index (χ4v) is 1.45. The molecule has 92 valence electrons. The number of esters is 1. The van der Waals surface area contributed by atoms with Gasteiger partial charge in [-0.1, -0.05) is 21.9 Å². The number of alkyl halides is 1. The maximum Gasteiger partial charge on any atom is 0.304 e. The Hall–Kier alpha value is -0.530.